The third kappa shape index (κ3) is 8.07. The van der Waals surface area contributed by atoms with Crippen molar-refractivity contribution >= 4 is 40.3 Å². The van der Waals surface area contributed by atoms with Crippen LogP contribution in [0.25, 0.3) is 10.9 Å². The van der Waals surface area contributed by atoms with Crippen molar-refractivity contribution in [3.05, 3.63) is 36.0 Å². The van der Waals surface area contributed by atoms with Crippen LogP contribution in [-0.4, -0.2) is 88.1 Å². The van der Waals surface area contributed by atoms with E-state index >= 15 is 0 Å². The molecule has 2 aliphatic rings. The van der Waals surface area contributed by atoms with Gasteiger partial charge in [-0.1, -0.05) is 58.2 Å². The number of para-hydroxylation sites is 1. The van der Waals surface area contributed by atoms with E-state index in [9.17, 15) is 29.1 Å². The first-order chi connectivity index (χ1) is 22.1. The van der Waals surface area contributed by atoms with Crippen molar-refractivity contribution in [2.24, 2.45) is 5.92 Å². The number of fused-ring (bicyclic) bond motifs is 2. The van der Waals surface area contributed by atoms with E-state index in [1.54, 1.807) is 29.9 Å². The Morgan fingerprint density at radius 1 is 1.00 bits per heavy atom. The second-order valence-corrected chi connectivity index (χ2v) is 12.5. The van der Waals surface area contributed by atoms with Crippen LogP contribution >= 0.6 is 0 Å². The summed E-state index contributed by atoms with van der Waals surface area (Å²) in [4.78, 5) is 74.6. The molecule has 4 rings (SSSR count). The molecule has 3 heterocycles. The lowest BCUT2D eigenvalue weighted by molar-refractivity contribution is -0.147. The summed E-state index contributed by atoms with van der Waals surface area (Å²) < 4.78 is 1.60. The minimum Gasteiger partial charge on any atom is -0.417 e. The van der Waals surface area contributed by atoms with E-state index in [1.807, 2.05) is 38.1 Å². The number of nitrogens with zero attached hydrogens (tertiary/aromatic N) is 2. The van der Waals surface area contributed by atoms with Gasteiger partial charge in [0.1, 0.15) is 37.4 Å². The second-order valence-electron chi connectivity index (χ2n) is 12.5. The third-order valence-corrected chi connectivity index (χ3v) is 9.45. The van der Waals surface area contributed by atoms with Crippen molar-refractivity contribution in [2.75, 3.05) is 13.7 Å². The zero-order chi connectivity index (χ0) is 33.4. The van der Waals surface area contributed by atoms with Crippen LogP contribution in [0, 0.1) is 5.92 Å². The summed E-state index contributed by atoms with van der Waals surface area (Å²) >= 11 is 0. The molecule has 1 aromatic carbocycles. The van der Waals surface area contributed by atoms with E-state index in [4.69, 9.17) is 4.84 Å². The minimum absolute atomic E-state index is 0.119. The number of hydrogen-bond acceptors (Lipinski definition) is 7. The summed E-state index contributed by atoms with van der Waals surface area (Å²) in [5.41, 5.74) is 1.57. The van der Waals surface area contributed by atoms with Gasteiger partial charge in [0.05, 0.1) is 5.52 Å². The number of aliphatic hydroxyl groups is 1. The van der Waals surface area contributed by atoms with E-state index in [0.717, 1.165) is 29.3 Å². The third-order valence-electron chi connectivity index (χ3n) is 9.45. The zero-order valence-corrected chi connectivity index (χ0v) is 27.4. The Hall–Kier alpha value is -3.93. The molecule has 2 aliphatic heterocycles. The first-order valence-electron chi connectivity index (χ1n) is 16.6. The van der Waals surface area contributed by atoms with E-state index in [-0.39, 0.29) is 43.3 Å². The fourth-order valence-electron chi connectivity index (χ4n) is 6.44. The number of unbranched alkanes of at least 4 members (excludes halogenated alkanes) is 1. The van der Waals surface area contributed by atoms with Crippen LogP contribution in [0.4, 0.5) is 0 Å². The number of rotatable bonds is 12. The fourth-order valence-corrected chi connectivity index (χ4v) is 6.44. The van der Waals surface area contributed by atoms with Gasteiger partial charge >= 0.3 is 0 Å². The molecule has 0 spiro atoms. The number of hydrogen-bond donors (Lipinski definition) is 4. The Labute approximate surface area is 270 Å². The molecule has 12 heteroatoms. The fraction of sp³-hybridized carbons (Fsp3) is 0.618. The Kier molecular flexibility index (Phi) is 12.2. The molecule has 252 valence electrons. The Bertz CT molecular complexity index is 1410. The molecule has 0 bridgehead atoms. The Balaban J connectivity index is 1.66. The summed E-state index contributed by atoms with van der Waals surface area (Å²) in [5, 5.41) is 19.7. The molecular formula is C34H49N5O7. The number of carbonyl (C=O) groups excluding carboxylic acids is 5. The van der Waals surface area contributed by atoms with Gasteiger partial charge in [0, 0.05) is 31.0 Å². The lowest BCUT2D eigenvalue weighted by atomic mass is 9.93. The maximum atomic E-state index is 14.0. The molecule has 0 saturated carbocycles. The van der Waals surface area contributed by atoms with Gasteiger partial charge in [0.2, 0.25) is 23.6 Å². The predicted octanol–water partition coefficient (Wildman–Crippen LogP) is 2.04. The SMILES string of the molecule is CCC(=O)C(O)CCCC[C@@H]1NC(=O)[C@H]2CCCCN2C(=O)[C@H](C(C)CC)NC(=O)[C@H](Cc2cn(OC)c3ccccc23)NC1=O. The summed E-state index contributed by atoms with van der Waals surface area (Å²) in [5.74, 6) is -2.14. The highest BCUT2D eigenvalue weighted by Crippen LogP contribution is 2.24. The van der Waals surface area contributed by atoms with Crippen molar-refractivity contribution in [2.45, 2.75) is 115 Å². The summed E-state index contributed by atoms with van der Waals surface area (Å²) in [6, 6.07) is 3.93. The number of benzene rings is 1. The van der Waals surface area contributed by atoms with Crippen LogP contribution in [0.2, 0.25) is 0 Å². The van der Waals surface area contributed by atoms with Crippen molar-refractivity contribution in [3.63, 3.8) is 0 Å². The van der Waals surface area contributed by atoms with Crippen LogP contribution in [0.5, 0.6) is 0 Å². The van der Waals surface area contributed by atoms with Crippen LogP contribution in [0.15, 0.2) is 30.5 Å². The predicted molar refractivity (Wildman–Crippen MR) is 173 cm³/mol. The Morgan fingerprint density at radius 3 is 2.43 bits per heavy atom. The van der Waals surface area contributed by atoms with Crippen molar-refractivity contribution in [3.8, 4) is 0 Å². The highest BCUT2D eigenvalue weighted by atomic mass is 16.6. The number of piperidine rings is 1. The van der Waals surface area contributed by atoms with Gasteiger partial charge in [-0.2, -0.15) is 4.73 Å². The molecule has 0 aliphatic carbocycles. The molecular weight excluding hydrogens is 590 g/mol. The average molecular weight is 640 g/mol. The van der Waals surface area contributed by atoms with Gasteiger partial charge < -0.3 is 30.8 Å². The van der Waals surface area contributed by atoms with Gasteiger partial charge in [-0.25, -0.2) is 0 Å². The summed E-state index contributed by atoms with van der Waals surface area (Å²) in [7, 11) is 1.54. The van der Waals surface area contributed by atoms with Crippen molar-refractivity contribution in [1.29, 1.82) is 0 Å². The Morgan fingerprint density at radius 2 is 1.72 bits per heavy atom. The molecule has 2 unspecified atom stereocenters. The largest absolute Gasteiger partial charge is 0.417 e. The molecule has 12 nitrogen and oxygen atoms in total. The number of ketones is 1. The first kappa shape index (κ1) is 34.9. The van der Waals surface area contributed by atoms with Gasteiger partial charge in [-0.3, -0.25) is 24.0 Å². The number of amides is 4. The summed E-state index contributed by atoms with van der Waals surface area (Å²) in [6.07, 6.45) is 5.08. The molecule has 4 N–H and O–H groups in total. The molecule has 2 fully saturated rings. The molecule has 0 radical (unpaired) electrons. The van der Waals surface area contributed by atoms with Gasteiger partial charge in [-0.05, 0) is 49.7 Å². The minimum atomic E-state index is -1.06. The molecule has 2 aromatic rings. The number of aromatic nitrogens is 1. The lowest BCUT2D eigenvalue weighted by Gasteiger charge is -2.39. The van der Waals surface area contributed by atoms with E-state index in [1.165, 1.54) is 0 Å². The zero-order valence-electron chi connectivity index (χ0n) is 27.4. The maximum Gasteiger partial charge on any atom is 0.246 e. The molecule has 1 aromatic heterocycles. The van der Waals surface area contributed by atoms with E-state index in [0.29, 0.717) is 32.2 Å². The number of Topliss-reactive ketones (excluding diaryl/α,β-unsaturated/α-hetero) is 1. The smallest absolute Gasteiger partial charge is 0.246 e. The van der Waals surface area contributed by atoms with Crippen LogP contribution in [-0.2, 0) is 30.4 Å². The highest BCUT2D eigenvalue weighted by molar-refractivity contribution is 5.98. The number of carbonyl (C=O) groups is 5. The van der Waals surface area contributed by atoms with Crippen molar-refractivity contribution < 1.29 is 33.9 Å². The standard InChI is InChI=1S/C34H49N5O7/c1-5-21(3)30-34(45)38-18-12-11-16-27(38)33(44)35-24(14-8-10-17-29(41)28(40)6-2)31(42)36-25(32(43)37-30)19-22-20-39(46-4)26-15-9-7-13-23(22)26/h7,9,13,15,20-21,24-25,27,29-30,41H,5-6,8,10-12,14,16-19H2,1-4H3,(H,35,44)(H,36,42)(H,37,43)/t21?,24-,25-,27+,29?,30-/m0/s1. The van der Waals surface area contributed by atoms with Crippen LogP contribution < -0.4 is 20.8 Å². The second kappa shape index (κ2) is 16.1. The molecule has 2 saturated heterocycles. The van der Waals surface area contributed by atoms with Crippen molar-refractivity contribution in [1.82, 2.24) is 25.6 Å². The van der Waals surface area contributed by atoms with Crippen LogP contribution in [0.1, 0.15) is 84.1 Å². The van der Waals surface area contributed by atoms with Gasteiger partial charge in [-0.15, -0.1) is 0 Å². The molecule has 4 amide bonds. The normalized spacial score (nSPS) is 24.2. The number of aliphatic hydroxyl groups excluding tert-OH is 1. The maximum absolute atomic E-state index is 14.0. The molecule has 6 atom stereocenters. The quantitative estimate of drug-likeness (QED) is 0.259. The highest BCUT2D eigenvalue weighted by Gasteiger charge is 2.41. The first-order valence-corrected chi connectivity index (χ1v) is 16.6. The van der Waals surface area contributed by atoms with Gasteiger partial charge in [0.15, 0.2) is 5.78 Å². The monoisotopic (exact) mass is 639 g/mol. The lowest BCUT2D eigenvalue weighted by Crippen LogP contribution is -2.64. The van der Waals surface area contributed by atoms with Crippen LogP contribution in [0.3, 0.4) is 0 Å². The molecule has 46 heavy (non-hydrogen) atoms. The summed E-state index contributed by atoms with van der Waals surface area (Å²) in [6.45, 7) is 5.93. The number of nitrogens with one attached hydrogen (secondary N) is 3. The average Bonchev–Trinajstić information content (AvgIpc) is 3.43. The van der Waals surface area contributed by atoms with E-state index < -0.39 is 48.0 Å². The van der Waals surface area contributed by atoms with Gasteiger partial charge in [0.25, 0.3) is 0 Å². The van der Waals surface area contributed by atoms with E-state index in [2.05, 4.69) is 16.0 Å². The topological polar surface area (TPSA) is 159 Å².